The summed E-state index contributed by atoms with van der Waals surface area (Å²) in [4.78, 5) is 17.4. The largest absolute Gasteiger partial charge is 0.444 e. The van der Waals surface area contributed by atoms with Crippen LogP contribution in [0.3, 0.4) is 0 Å². The molecule has 1 aromatic heterocycles. The van der Waals surface area contributed by atoms with E-state index < -0.39 is 24.3 Å². The first-order chi connectivity index (χ1) is 10.1. The number of thiazole rings is 1. The van der Waals surface area contributed by atoms with E-state index in [1.54, 1.807) is 17.8 Å². The van der Waals surface area contributed by atoms with E-state index in [0.29, 0.717) is 6.54 Å². The van der Waals surface area contributed by atoms with Crippen molar-refractivity contribution in [2.24, 2.45) is 0 Å². The van der Waals surface area contributed by atoms with Crippen LogP contribution in [0.15, 0.2) is 23.7 Å². The average molecular weight is 308 g/mol. The van der Waals surface area contributed by atoms with E-state index in [1.165, 1.54) is 22.3 Å². The fraction of sp³-hybridized carbons (Fsp3) is 0.143. The quantitative estimate of drug-likeness (QED) is 0.846. The number of carbonyl (C=O) groups excluding carboxylic acids is 1. The molecular weight excluding hydrogens is 298 g/mol. The van der Waals surface area contributed by atoms with Crippen LogP contribution in [0.5, 0.6) is 0 Å². The van der Waals surface area contributed by atoms with Gasteiger partial charge in [-0.2, -0.15) is 0 Å². The van der Waals surface area contributed by atoms with E-state index in [2.05, 4.69) is 4.98 Å². The first-order valence-corrected chi connectivity index (χ1v) is 7.01. The number of halogens is 2. The summed E-state index contributed by atoms with van der Waals surface area (Å²) in [5.74, 6) is -1.47. The van der Waals surface area contributed by atoms with Crippen molar-refractivity contribution < 1.29 is 18.3 Å². The lowest BCUT2D eigenvalue weighted by molar-refractivity contribution is 0.115. The molecule has 0 radical (unpaired) electrons. The summed E-state index contributed by atoms with van der Waals surface area (Å²) in [5, 5.41) is 0.823. The summed E-state index contributed by atoms with van der Waals surface area (Å²) in [6.45, 7) is -0.132. The highest BCUT2D eigenvalue weighted by atomic mass is 32.1. The van der Waals surface area contributed by atoms with E-state index in [9.17, 15) is 13.6 Å². The fourth-order valence-electron chi connectivity index (χ4n) is 1.91. The van der Waals surface area contributed by atoms with Gasteiger partial charge in [-0.3, -0.25) is 4.90 Å². The molecule has 1 aromatic carbocycles. The Labute approximate surface area is 122 Å². The molecule has 2 heterocycles. The van der Waals surface area contributed by atoms with Gasteiger partial charge < -0.3 is 4.74 Å². The van der Waals surface area contributed by atoms with Gasteiger partial charge >= 0.3 is 6.09 Å². The van der Waals surface area contributed by atoms with Crippen molar-refractivity contribution in [3.63, 3.8) is 0 Å². The molecule has 0 aliphatic carbocycles. The van der Waals surface area contributed by atoms with Gasteiger partial charge in [0.05, 0.1) is 21.0 Å². The third-order valence-corrected chi connectivity index (χ3v) is 3.79. The zero-order chi connectivity index (χ0) is 14.8. The minimum atomic E-state index is -0.735. The molecule has 0 bridgehead atoms. The van der Waals surface area contributed by atoms with Crippen molar-refractivity contribution in [3.05, 3.63) is 50.8 Å². The van der Waals surface area contributed by atoms with Crippen molar-refractivity contribution in [1.82, 2.24) is 9.88 Å². The Kier molecular flexibility index (Phi) is 3.66. The summed E-state index contributed by atoms with van der Waals surface area (Å²) in [6.07, 6.45) is 2.75. The molecule has 1 aliphatic rings. The van der Waals surface area contributed by atoms with Crippen LogP contribution in [-0.4, -0.2) is 22.5 Å². The normalized spacial score (nSPS) is 13.1. The number of aromatic nitrogens is 1. The number of amides is 1. The van der Waals surface area contributed by atoms with Crippen LogP contribution < -0.4 is 9.88 Å². The molecule has 1 aliphatic heterocycles. The molecule has 0 saturated heterocycles. The topological polar surface area (TPSA) is 42.4 Å². The number of carbonyl (C=O) groups is 1. The Morgan fingerprint density at radius 3 is 2.90 bits per heavy atom. The molecule has 2 aromatic rings. The molecule has 0 saturated carbocycles. The maximum absolute atomic E-state index is 13.4. The van der Waals surface area contributed by atoms with Gasteiger partial charge in [0.15, 0.2) is 0 Å². The van der Waals surface area contributed by atoms with E-state index in [1.807, 2.05) is 0 Å². The molecule has 4 nitrogen and oxygen atoms in total. The number of ether oxygens (including phenoxy) is 1. The molecule has 0 fully saturated rings. The molecular formula is C14H10F2N2O2S. The molecule has 1 amide bonds. The van der Waals surface area contributed by atoms with Crippen LogP contribution >= 0.6 is 11.3 Å². The number of hydrogen-bond donors (Lipinski definition) is 0. The number of benzene rings is 1. The van der Waals surface area contributed by atoms with Gasteiger partial charge in [-0.1, -0.05) is 6.07 Å². The predicted octanol–water partition coefficient (Wildman–Crippen LogP) is 1.59. The van der Waals surface area contributed by atoms with E-state index in [4.69, 9.17) is 4.74 Å². The molecule has 108 valence electrons. The Hall–Kier alpha value is -2.28. The van der Waals surface area contributed by atoms with Gasteiger partial charge in [0.2, 0.25) is 0 Å². The summed E-state index contributed by atoms with van der Waals surface area (Å²) in [5.41, 5.74) is 1.42. The first kappa shape index (κ1) is 13.7. The summed E-state index contributed by atoms with van der Waals surface area (Å²) >= 11 is 1.40. The number of hydrogen-bond acceptors (Lipinski definition) is 4. The van der Waals surface area contributed by atoms with Crippen LogP contribution in [0.25, 0.3) is 12.3 Å². The maximum Gasteiger partial charge on any atom is 0.414 e. The molecule has 0 N–H and O–H groups in total. The highest BCUT2D eigenvalue weighted by molar-refractivity contribution is 7.07. The van der Waals surface area contributed by atoms with Crippen molar-refractivity contribution >= 4 is 29.7 Å². The zero-order valence-electron chi connectivity index (χ0n) is 10.8. The predicted molar refractivity (Wildman–Crippen MR) is 73.5 cm³/mol. The summed E-state index contributed by atoms with van der Waals surface area (Å²) in [6, 6.07) is 3.50. The van der Waals surface area contributed by atoms with Crippen molar-refractivity contribution in [2.45, 2.75) is 6.61 Å². The lowest BCUT2D eigenvalue weighted by Gasteiger charge is -2.17. The molecule has 3 rings (SSSR count). The second-order valence-corrected chi connectivity index (χ2v) is 5.23. The summed E-state index contributed by atoms with van der Waals surface area (Å²) < 4.78 is 32.7. The number of rotatable bonds is 2. The maximum atomic E-state index is 13.4. The van der Waals surface area contributed by atoms with Gasteiger partial charge in [0.1, 0.15) is 18.2 Å². The number of nitrogens with zero attached hydrogens (tertiary/aromatic N) is 2. The van der Waals surface area contributed by atoms with Gasteiger partial charge in [-0.15, -0.1) is 11.3 Å². The van der Waals surface area contributed by atoms with Crippen molar-refractivity contribution in [1.29, 1.82) is 0 Å². The van der Waals surface area contributed by atoms with Crippen LogP contribution in [0.1, 0.15) is 5.56 Å². The Morgan fingerprint density at radius 2 is 2.14 bits per heavy atom. The fourth-order valence-corrected chi connectivity index (χ4v) is 2.63. The Balaban J connectivity index is 1.71. The van der Waals surface area contributed by atoms with Crippen molar-refractivity contribution in [2.75, 3.05) is 6.54 Å². The van der Waals surface area contributed by atoms with Gasteiger partial charge in [-0.25, -0.2) is 18.6 Å². The van der Waals surface area contributed by atoms with Crippen LogP contribution in [0.2, 0.25) is 0 Å². The van der Waals surface area contributed by atoms with E-state index in [0.717, 1.165) is 22.0 Å². The second kappa shape index (κ2) is 5.61. The molecule has 0 unspecified atom stereocenters. The first-order valence-electron chi connectivity index (χ1n) is 6.13. The van der Waals surface area contributed by atoms with Crippen molar-refractivity contribution in [3.8, 4) is 0 Å². The smallest absolute Gasteiger partial charge is 0.414 e. The Bertz CT molecular complexity index is 783. The van der Waals surface area contributed by atoms with Crippen LogP contribution in [0.4, 0.5) is 13.6 Å². The highest BCUT2D eigenvalue weighted by Crippen LogP contribution is 2.14. The monoisotopic (exact) mass is 308 g/mol. The van der Waals surface area contributed by atoms with Crippen LogP contribution in [-0.2, 0) is 11.3 Å². The van der Waals surface area contributed by atoms with Gasteiger partial charge in [-0.05, 0) is 18.2 Å². The lowest BCUT2D eigenvalue weighted by atomic mass is 10.2. The number of fused-ring (bicyclic) bond motifs is 1. The molecule has 21 heavy (non-hydrogen) atoms. The molecule has 7 heteroatoms. The van der Waals surface area contributed by atoms with Gasteiger partial charge in [0, 0.05) is 12.7 Å². The standard InChI is InChI=1S/C14H10F2N2O2S/c15-10-2-1-3-11(16)9(10)7-20-14(19)18-5-4-12-13(6-18)21-8-17-12/h1-4,6,8H,5,7H2. The Morgan fingerprint density at radius 1 is 1.38 bits per heavy atom. The second-order valence-electron chi connectivity index (χ2n) is 4.34. The third kappa shape index (κ3) is 2.78. The average Bonchev–Trinajstić information content (AvgIpc) is 2.93. The van der Waals surface area contributed by atoms with E-state index in [-0.39, 0.29) is 5.56 Å². The van der Waals surface area contributed by atoms with Gasteiger partial charge in [0.25, 0.3) is 0 Å². The minimum Gasteiger partial charge on any atom is -0.444 e. The SMILES string of the molecule is O=C(OCc1c(F)cccc1F)N1C=c2scnc2=CC1. The highest BCUT2D eigenvalue weighted by Gasteiger charge is 2.17. The summed E-state index contributed by atoms with van der Waals surface area (Å²) in [7, 11) is 0. The molecule has 0 atom stereocenters. The lowest BCUT2D eigenvalue weighted by Crippen LogP contribution is -2.37. The third-order valence-electron chi connectivity index (χ3n) is 3.01. The molecule has 0 spiro atoms. The zero-order valence-corrected chi connectivity index (χ0v) is 11.6. The van der Waals surface area contributed by atoms with E-state index >= 15 is 0 Å². The minimum absolute atomic E-state index is 0.259. The van der Waals surface area contributed by atoms with Crippen LogP contribution in [0, 0.1) is 11.6 Å².